The van der Waals surface area contributed by atoms with Gasteiger partial charge in [-0.1, -0.05) is 5.16 Å². The normalized spacial score (nSPS) is 22.0. The van der Waals surface area contributed by atoms with Gasteiger partial charge < -0.3 is 9.84 Å². The van der Waals surface area contributed by atoms with E-state index in [1.807, 2.05) is 0 Å². The summed E-state index contributed by atoms with van der Waals surface area (Å²) in [7, 11) is 0. The predicted octanol–water partition coefficient (Wildman–Crippen LogP) is 1.93. The lowest BCUT2D eigenvalue weighted by atomic mass is 10.3. The average Bonchev–Trinajstić information content (AvgIpc) is 3.16. The lowest BCUT2D eigenvalue weighted by molar-refractivity contribution is 0.373. The fourth-order valence-electron chi connectivity index (χ4n) is 1.99. The minimum atomic E-state index is 0.564. The topological polar surface area (TPSA) is 51.0 Å². The molecular formula is C12H19N3OS2. The molecule has 0 atom stereocenters. The third kappa shape index (κ3) is 3.65. The van der Waals surface area contributed by atoms with Crippen molar-refractivity contribution in [2.45, 2.75) is 31.2 Å². The number of nitrogens with zero attached hydrogens (tertiary/aromatic N) is 2. The predicted molar refractivity (Wildman–Crippen MR) is 76.4 cm³/mol. The maximum absolute atomic E-state index is 5.25. The Balaban J connectivity index is 1.40. The van der Waals surface area contributed by atoms with Crippen molar-refractivity contribution in [3.05, 3.63) is 11.7 Å². The summed E-state index contributed by atoms with van der Waals surface area (Å²) < 4.78 is 5.25. The van der Waals surface area contributed by atoms with Gasteiger partial charge in [-0.3, -0.25) is 0 Å². The number of nitrogens with one attached hydrogen (secondary N) is 1. The van der Waals surface area contributed by atoms with Crippen LogP contribution in [-0.2, 0) is 6.42 Å². The van der Waals surface area contributed by atoms with Crippen LogP contribution >= 0.6 is 23.5 Å². The minimum absolute atomic E-state index is 0.564. The molecule has 1 saturated carbocycles. The van der Waals surface area contributed by atoms with Gasteiger partial charge in [0.15, 0.2) is 5.82 Å². The van der Waals surface area contributed by atoms with Crippen LogP contribution in [0, 0.1) is 0 Å². The van der Waals surface area contributed by atoms with Gasteiger partial charge in [0, 0.05) is 47.9 Å². The van der Waals surface area contributed by atoms with Crippen LogP contribution in [0.5, 0.6) is 0 Å². The first-order valence-electron chi connectivity index (χ1n) is 6.63. The Morgan fingerprint density at radius 2 is 2.00 bits per heavy atom. The fourth-order valence-corrected chi connectivity index (χ4v) is 4.45. The molecule has 1 N–H and O–H groups in total. The molecule has 1 aliphatic heterocycles. The van der Waals surface area contributed by atoms with Crippen LogP contribution in [0.4, 0.5) is 0 Å². The maximum Gasteiger partial charge on any atom is 0.229 e. The van der Waals surface area contributed by atoms with Crippen molar-refractivity contribution in [2.24, 2.45) is 0 Å². The standard InChI is InChI=1S/C12H19N3OS2/c1-2-9(1)12-14-11(15-16-12)3-4-13-10-7-17-5-6-18-8-10/h9-10,13H,1-8H2. The van der Waals surface area contributed by atoms with Crippen molar-refractivity contribution >= 4 is 23.5 Å². The highest BCUT2D eigenvalue weighted by Gasteiger charge is 2.29. The lowest BCUT2D eigenvalue weighted by Crippen LogP contribution is -2.34. The van der Waals surface area contributed by atoms with Crippen LogP contribution in [0.3, 0.4) is 0 Å². The molecule has 18 heavy (non-hydrogen) atoms. The monoisotopic (exact) mass is 285 g/mol. The zero-order chi connectivity index (χ0) is 12.2. The highest BCUT2D eigenvalue weighted by molar-refractivity contribution is 8.03. The summed E-state index contributed by atoms with van der Waals surface area (Å²) in [6.07, 6.45) is 3.31. The summed E-state index contributed by atoms with van der Waals surface area (Å²) in [6, 6.07) is 0.636. The Labute approximate surface area is 116 Å². The number of rotatable bonds is 5. The second-order valence-electron chi connectivity index (χ2n) is 4.87. The van der Waals surface area contributed by atoms with Crippen molar-refractivity contribution in [3.8, 4) is 0 Å². The Hall–Kier alpha value is -0.200. The van der Waals surface area contributed by atoms with E-state index in [0.717, 1.165) is 24.7 Å². The second-order valence-corrected chi connectivity index (χ2v) is 7.17. The lowest BCUT2D eigenvalue weighted by Gasteiger charge is -2.14. The van der Waals surface area contributed by atoms with Crippen molar-refractivity contribution < 1.29 is 4.52 Å². The maximum atomic E-state index is 5.25. The molecule has 2 aliphatic rings. The molecule has 4 nitrogen and oxygen atoms in total. The van der Waals surface area contributed by atoms with Crippen LogP contribution in [0.2, 0.25) is 0 Å². The molecule has 1 saturated heterocycles. The molecule has 1 aromatic heterocycles. The molecule has 2 heterocycles. The second kappa shape index (κ2) is 6.30. The largest absolute Gasteiger partial charge is 0.339 e. The van der Waals surface area contributed by atoms with Crippen molar-refractivity contribution in [1.29, 1.82) is 0 Å². The summed E-state index contributed by atoms with van der Waals surface area (Å²) in [6.45, 7) is 0.954. The van der Waals surface area contributed by atoms with Gasteiger partial charge in [0.1, 0.15) is 0 Å². The Morgan fingerprint density at radius 1 is 1.22 bits per heavy atom. The average molecular weight is 285 g/mol. The smallest absolute Gasteiger partial charge is 0.229 e. The molecule has 1 aliphatic carbocycles. The highest BCUT2D eigenvalue weighted by atomic mass is 32.2. The van der Waals surface area contributed by atoms with Crippen LogP contribution in [0.1, 0.15) is 30.5 Å². The van der Waals surface area contributed by atoms with Gasteiger partial charge in [-0.15, -0.1) is 0 Å². The van der Waals surface area contributed by atoms with Gasteiger partial charge in [-0.25, -0.2) is 0 Å². The van der Waals surface area contributed by atoms with E-state index in [9.17, 15) is 0 Å². The molecule has 1 aromatic rings. The zero-order valence-corrected chi connectivity index (χ0v) is 12.1. The van der Waals surface area contributed by atoms with Crippen molar-refractivity contribution in [2.75, 3.05) is 29.6 Å². The number of thioether (sulfide) groups is 2. The Bertz CT molecular complexity index is 373. The Morgan fingerprint density at radius 3 is 2.72 bits per heavy atom. The number of aromatic nitrogens is 2. The van der Waals surface area contributed by atoms with Gasteiger partial charge >= 0.3 is 0 Å². The Kier molecular flexibility index (Phi) is 4.49. The summed E-state index contributed by atoms with van der Waals surface area (Å²) in [5, 5.41) is 7.64. The number of hydrogen-bond donors (Lipinski definition) is 1. The number of hydrogen-bond acceptors (Lipinski definition) is 6. The summed E-state index contributed by atoms with van der Waals surface area (Å²) in [5.74, 6) is 7.31. The minimum Gasteiger partial charge on any atom is -0.339 e. The molecule has 0 bridgehead atoms. The molecule has 100 valence electrons. The zero-order valence-electron chi connectivity index (χ0n) is 10.4. The summed E-state index contributed by atoms with van der Waals surface area (Å²) in [5.41, 5.74) is 0. The van der Waals surface area contributed by atoms with Crippen LogP contribution in [0.25, 0.3) is 0 Å². The van der Waals surface area contributed by atoms with Crippen LogP contribution in [-0.4, -0.2) is 45.7 Å². The van der Waals surface area contributed by atoms with E-state index in [-0.39, 0.29) is 0 Å². The van der Waals surface area contributed by atoms with Gasteiger partial charge in [-0.05, 0) is 12.8 Å². The van der Waals surface area contributed by atoms with Gasteiger partial charge in [0.05, 0.1) is 0 Å². The fraction of sp³-hybridized carbons (Fsp3) is 0.833. The van der Waals surface area contributed by atoms with E-state index in [0.29, 0.717) is 12.0 Å². The molecule has 0 amide bonds. The summed E-state index contributed by atoms with van der Waals surface area (Å²) >= 11 is 4.11. The van der Waals surface area contributed by atoms with Gasteiger partial charge in [0.2, 0.25) is 5.89 Å². The first kappa shape index (κ1) is 12.8. The molecule has 2 fully saturated rings. The first-order chi connectivity index (χ1) is 8.92. The van der Waals surface area contributed by atoms with E-state index in [4.69, 9.17) is 4.52 Å². The van der Waals surface area contributed by atoms with Crippen LogP contribution in [0.15, 0.2) is 4.52 Å². The van der Waals surface area contributed by atoms with Crippen molar-refractivity contribution in [1.82, 2.24) is 15.5 Å². The molecule has 3 rings (SSSR count). The van der Waals surface area contributed by atoms with Crippen molar-refractivity contribution in [3.63, 3.8) is 0 Å². The third-order valence-electron chi connectivity index (χ3n) is 3.20. The van der Waals surface area contributed by atoms with Gasteiger partial charge in [-0.2, -0.15) is 28.5 Å². The molecule has 0 spiro atoms. The quantitative estimate of drug-likeness (QED) is 0.892. The van der Waals surface area contributed by atoms with Gasteiger partial charge in [0.25, 0.3) is 0 Å². The highest BCUT2D eigenvalue weighted by Crippen LogP contribution is 2.38. The SMILES string of the molecule is C(Cc1noc(C2CC2)n1)NC1CSCCSC1. The van der Waals surface area contributed by atoms with E-state index < -0.39 is 0 Å². The summed E-state index contributed by atoms with van der Waals surface area (Å²) in [4.78, 5) is 4.45. The van der Waals surface area contributed by atoms with Crippen LogP contribution < -0.4 is 5.32 Å². The molecule has 0 unspecified atom stereocenters. The third-order valence-corrected chi connectivity index (χ3v) is 5.72. The van der Waals surface area contributed by atoms with E-state index >= 15 is 0 Å². The van der Waals surface area contributed by atoms with E-state index in [1.165, 1.54) is 35.9 Å². The molecular weight excluding hydrogens is 266 g/mol. The molecule has 6 heteroatoms. The first-order valence-corrected chi connectivity index (χ1v) is 8.94. The molecule has 0 aromatic carbocycles. The molecule has 0 radical (unpaired) electrons. The van der Waals surface area contributed by atoms with E-state index in [1.54, 1.807) is 0 Å². The van der Waals surface area contributed by atoms with E-state index in [2.05, 4.69) is 39.0 Å².